The minimum Gasteiger partial charge on any atom is -0.405 e. The predicted octanol–water partition coefficient (Wildman–Crippen LogP) is 2.53. The maximum atomic E-state index is 12.4. The van der Waals surface area contributed by atoms with Crippen LogP contribution in [0.2, 0.25) is 0 Å². The van der Waals surface area contributed by atoms with Crippen LogP contribution in [0.3, 0.4) is 0 Å². The number of aliphatic imine (C=N–C) groups is 1. The van der Waals surface area contributed by atoms with E-state index < -0.39 is 6.36 Å². The summed E-state index contributed by atoms with van der Waals surface area (Å²) in [5.74, 6) is 1.02. The lowest BCUT2D eigenvalue weighted by atomic mass is 10.2. The molecule has 0 atom stereocenters. The molecule has 0 spiro atoms. The first-order chi connectivity index (χ1) is 11.9. The number of ether oxygens (including phenoxy) is 1. The van der Waals surface area contributed by atoms with E-state index in [-0.39, 0.29) is 18.8 Å². The van der Waals surface area contributed by atoms with Crippen LogP contribution < -0.4 is 15.4 Å². The van der Waals surface area contributed by atoms with Crippen LogP contribution >= 0.6 is 0 Å². The Labute approximate surface area is 142 Å². The number of guanidine groups is 1. The van der Waals surface area contributed by atoms with Crippen molar-refractivity contribution in [1.29, 1.82) is 0 Å². The number of nitrogens with zero attached hydrogens (tertiary/aromatic N) is 3. The van der Waals surface area contributed by atoms with Crippen LogP contribution in [-0.2, 0) is 13.1 Å². The van der Waals surface area contributed by atoms with E-state index in [2.05, 4.69) is 30.5 Å². The van der Waals surface area contributed by atoms with Crippen molar-refractivity contribution in [3.8, 4) is 5.75 Å². The fourth-order valence-electron chi connectivity index (χ4n) is 1.94. The van der Waals surface area contributed by atoms with Gasteiger partial charge in [-0.1, -0.05) is 23.4 Å². The largest absolute Gasteiger partial charge is 0.573 e. The van der Waals surface area contributed by atoms with Gasteiger partial charge in [0.25, 0.3) is 0 Å². The molecule has 0 saturated heterocycles. The number of halogens is 3. The van der Waals surface area contributed by atoms with Crippen molar-refractivity contribution in [2.75, 3.05) is 6.54 Å². The predicted molar refractivity (Wildman–Crippen MR) is 83.8 cm³/mol. The number of para-hydroxylation sites is 1. The van der Waals surface area contributed by atoms with Crippen LogP contribution in [0, 0.1) is 6.92 Å². The Bertz CT molecular complexity index is 715. The van der Waals surface area contributed by atoms with Gasteiger partial charge in [-0.25, -0.2) is 4.99 Å². The van der Waals surface area contributed by atoms with E-state index in [1.54, 1.807) is 13.0 Å². The number of rotatable bonds is 6. The van der Waals surface area contributed by atoms with Gasteiger partial charge in [0, 0.05) is 12.1 Å². The van der Waals surface area contributed by atoms with Gasteiger partial charge in [-0.15, -0.1) is 13.2 Å². The third-order valence-corrected chi connectivity index (χ3v) is 2.93. The molecule has 0 aliphatic heterocycles. The SMILES string of the molecule is CCNC(=NCc1ccccc1OC(F)(F)F)NCc1nc(C)no1. The van der Waals surface area contributed by atoms with Crippen LogP contribution in [0.25, 0.3) is 0 Å². The summed E-state index contributed by atoms with van der Waals surface area (Å²) in [5, 5.41) is 9.62. The van der Waals surface area contributed by atoms with Crippen molar-refractivity contribution in [2.24, 2.45) is 4.99 Å². The van der Waals surface area contributed by atoms with Gasteiger partial charge in [-0.3, -0.25) is 0 Å². The monoisotopic (exact) mass is 357 g/mol. The third kappa shape index (κ3) is 6.32. The highest BCUT2D eigenvalue weighted by atomic mass is 19.4. The Balaban J connectivity index is 2.05. The lowest BCUT2D eigenvalue weighted by Crippen LogP contribution is -2.36. The zero-order valence-electron chi connectivity index (χ0n) is 13.7. The Morgan fingerprint density at radius 3 is 2.68 bits per heavy atom. The van der Waals surface area contributed by atoms with E-state index in [0.29, 0.717) is 29.8 Å². The van der Waals surface area contributed by atoms with Gasteiger partial charge < -0.3 is 19.9 Å². The Kier molecular flexibility index (Phi) is 6.20. The molecule has 2 rings (SSSR count). The first-order valence-electron chi connectivity index (χ1n) is 7.52. The second-order valence-corrected chi connectivity index (χ2v) is 4.94. The molecule has 136 valence electrons. The molecule has 7 nitrogen and oxygen atoms in total. The molecule has 2 aromatic rings. The van der Waals surface area contributed by atoms with Gasteiger partial charge in [0.05, 0.1) is 13.1 Å². The van der Waals surface area contributed by atoms with Crippen molar-refractivity contribution in [3.63, 3.8) is 0 Å². The van der Waals surface area contributed by atoms with Crippen LogP contribution in [-0.4, -0.2) is 29.0 Å². The number of aryl methyl sites for hydroxylation is 1. The molecule has 1 aromatic heterocycles. The van der Waals surface area contributed by atoms with Crippen LogP contribution in [0.1, 0.15) is 24.2 Å². The van der Waals surface area contributed by atoms with Crippen LogP contribution in [0.4, 0.5) is 13.2 Å². The van der Waals surface area contributed by atoms with Crippen LogP contribution in [0.15, 0.2) is 33.8 Å². The number of nitrogens with one attached hydrogen (secondary N) is 2. The molecule has 0 bridgehead atoms. The molecule has 1 heterocycles. The highest BCUT2D eigenvalue weighted by molar-refractivity contribution is 5.79. The number of benzene rings is 1. The molecule has 0 fully saturated rings. The van der Waals surface area contributed by atoms with E-state index in [9.17, 15) is 13.2 Å². The topological polar surface area (TPSA) is 84.6 Å². The molecule has 1 aromatic carbocycles. The van der Waals surface area contributed by atoms with Crippen molar-refractivity contribution in [1.82, 2.24) is 20.8 Å². The highest BCUT2D eigenvalue weighted by Crippen LogP contribution is 2.26. The summed E-state index contributed by atoms with van der Waals surface area (Å²) in [4.78, 5) is 8.30. The molecule has 10 heteroatoms. The van der Waals surface area contributed by atoms with E-state index >= 15 is 0 Å². The van der Waals surface area contributed by atoms with E-state index in [1.165, 1.54) is 18.2 Å². The molecule has 0 radical (unpaired) electrons. The lowest BCUT2D eigenvalue weighted by Gasteiger charge is -2.13. The minimum absolute atomic E-state index is 0.00441. The summed E-state index contributed by atoms with van der Waals surface area (Å²) < 4.78 is 46.3. The zero-order chi connectivity index (χ0) is 18.3. The third-order valence-electron chi connectivity index (χ3n) is 2.93. The smallest absolute Gasteiger partial charge is 0.405 e. The average Bonchev–Trinajstić information content (AvgIpc) is 2.95. The standard InChI is InChI=1S/C15H18F3N5O2/c1-3-19-14(21-9-13-22-10(2)23-25-13)20-8-11-6-4-5-7-12(11)24-15(16,17)18/h4-7H,3,8-9H2,1-2H3,(H2,19,20,21). The number of hydrogen-bond donors (Lipinski definition) is 2. The summed E-state index contributed by atoms with van der Waals surface area (Å²) in [7, 11) is 0. The second kappa shape index (κ2) is 8.36. The number of hydrogen-bond acceptors (Lipinski definition) is 5. The fraction of sp³-hybridized carbons (Fsp3) is 0.400. The Hall–Kier alpha value is -2.78. The van der Waals surface area contributed by atoms with Crippen molar-refractivity contribution in [3.05, 3.63) is 41.5 Å². The van der Waals surface area contributed by atoms with Crippen LogP contribution in [0.5, 0.6) is 5.75 Å². The first kappa shape index (κ1) is 18.6. The van der Waals surface area contributed by atoms with Gasteiger partial charge in [0.1, 0.15) is 5.75 Å². The van der Waals surface area contributed by atoms with Gasteiger partial charge in [-0.2, -0.15) is 4.98 Å². The van der Waals surface area contributed by atoms with Crippen molar-refractivity contribution < 1.29 is 22.4 Å². The van der Waals surface area contributed by atoms with Gasteiger partial charge in [0.15, 0.2) is 11.8 Å². The summed E-state index contributed by atoms with van der Waals surface area (Å²) in [6, 6.07) is 5.86. The normalized spacial score (nSPS) is 12.1. The highest BCUT2D eigenvalue weighted by Gasteiger charge is 2.31. The van der Waals surface area contributed by atoms with Gasteiger partial charge >= 0.3 is 6.36 Å². The first-order valence-corrected chi connectivity index (χ1v) is 7.52. The number of alkyl halides is 3. The molecular formula is C15H18F3N5O2. The maximum absolute atomic E-state index is 12.4. The summed E-state index contributed by atoms with van der Waals surface area (Å²) in [5.41, 5.74) is 0.311. The molecule has 25 heavy (non-hydrogen) atoms. The lowest BCUT2D eigenvalue weighted by molar-refractivity contribution is -0.274. The maximum Gasteiger partial charge on any atom is 0.573 e. The molecule has 0 aliphatic rings. The summed E-state index contributed by atoms with van der Waals surface area (Å²) >= 11 is 0. The van der Waals surface area contributed by atoms with Crippen molar-refractivity contribution >= 4 is 5.96 Å². The molecule has 0 amide bonds. The summed E-state index contributed by atoms with van der Waals surface area (Å²) in [6.07, 6.45) is -4.75. The minimum atomic E-state index is -4.75. The quantitative estimate of drug-likeness (QED) is 0.611. The van der Waals surface area contributed by atoms with E-state index in [1.807, 2.05) is 6.92 Å². The second-order valence-electron chi connectivity index (χ2n) is 4.94. The van der Waals surface area contributed by atoms with E-state index in [4.69, 9.17) is 4.52 Å². The summed E-state index contributed by atoms with van der Waals surface area (Å²) in [6.45, 7) is 4.39. The van der Waals surface area contributed by atoms with Crippen molar-refractivity contribution in [2.45, 2.75) is 33.3 Å². The van der Waals surface area contributed by atoms with Gasteiger partial charge in [-0.05, 0) is 19.9 Å². The molecule has 0 unspecified atom stereocenters. The van der Waals surface area contributed by atoms with E-state index in [0.717, 1.165) is 0 Å². The number of aromatic nitrogens is 2. The Morgan fingerprint density at radius 1 is 1.28 bits per heavy atom. The Morgan fingerprint density at radius 2 is 2.04 bits per heavy atom. The molecule has 2 N–H and O–H groups in total. The molecule has 0 aliphatic carbocycles. The fourth-order valence-corrected chi connectivity index (χ4v) is 1.94. The molecular weight excluding hydrogens is 339 g/mol. The average molecular weight is 357 g/mol. The van der Waals surface area contributed by atoms with Gasteiger partial charge in [0.2, 0.25) is 5.89 Å². The molecule has 0 saturated carbocycles. The zero-order valence-corrected chi connectivity index (χ0v) is 13.7.